The van der Waals surface area contributed by atoms with Crippen LogP contribution in [0.3, 0.4) is 0 Å². The Balaban J connectivity index is 0.000000730. The van der Waals surface area contributed by atoms with Gasteiger partial charge in [0.1, 0.15) is 0 Å². The van der Waals surface area contributed by atoms with Gasteiger partial charge in [0.15, 0.2) is 5.65 Å². The number of fused-ring (bicyclic) bond motifs is 1. The van der Waals surface area contributed by atoms with Crippen LogP contribution in [0.25, 0.3) is 11.0 Å². The molecule has 2 heterocycles. The molecule has 0 N–H and O–H groups in total. The van der Waals surface area contributed by atoms with Crippen molar-refractivity contribution in [3.05, 3.63) is 58.3 Å². The zero-order valence-electron chi connectivity index (χ0n) is 15.0. The van der Waals surface area contributed by atoms with Crippen LogP contribution < -0.4 is 0 Å². The van der Waals surface area contributed by atoms with Gasteiger partial charge >= 0.3 is 0 Å². The number of nitrogens with zero attached hydrogens (tertiary/aromatic N) is 2. The highest BCUT2D eigenvalue weighted by molar-refractivity contribution is 9.10. The Morgan fingerprint density at radius 1 is 1.08 bits per heavy atom. The molecule has 0 amide bonds. The smallest absolute Gasteiger partial charge is 0.236 e. The van der Waals surface area contributed by atoms with Crippen molar-refractivity contribution >= 4 is 49.6 Å². The molecule has 0 aliphatic heterocycles. The Labute approximate surface area is 163 Å². The largest absolute Gasteiger partial charge is 0.269 e. The Morgan fingerprint density at radius 2 is 1.64 bits per heavy atom. The van der Waals surface area contributed by atoms with Crippen LogP contribution in [0, 0.1) is 13.8 Å². The molecule has 0 spiro atoms. The molecule has 2 aromatic heterocycles. The summed E-state index contributed by atoms with van der Waals surface area (Å²) in [7, 11) is -3.64. The summed E-state index contributed by atoms with van der Waals surface area (Å²) in [6.45, 7) is 7.79. The molecule has 1 aromatic carbocycles. The number of aromatic nitrogens is 2. The fraction of sp³-hybridized carbons (Fsp3) is 0.278. The summed E-state index contributed by atoms with van der Waals surface area (Å²) < 4.78 is 27.6. The Morgan fingerprint density at radius 3 is 2.20 bits per heavy atom. The zero-order chi connectivity index (χ0) is 19.2. The third-order valence-electron chi connectivity index (χ3n) is 3.36. The topological polar surface area (TPSA) is 52.0 Å². The van der Waals surface area contributed by atoms with Crippen LogP contribution in [0.4, 0.5) is 0 Å². The normalized spacial score (nSPS) is 10.5. The predicted molar refractivity (Wildman–Crippen MR) is 112 cm³/mol. The molecule has 3 aromatic rings. The first-order chi connectivity index (χ1) is 11.9. The van der Waals surface area contributed by atoms with Gasteiger partial charge in [-0.15, -0.1) is 0 Å². The first-order valence-electron chi connectivity index (χ1n) is 7.80. The average molecular weight is 443 g/mol. The highest BCUT2D eigenvalue weighted by atomic mass is 79.9. The average Bonchev–Trinajstić information content (AvgIpc) is 2.96. The molecular formula is C18H23BrN2O2S2. The minimum Gasteiger partial charge on any atom is -0.236 e. The second-order valence-corrected chi connectivity index (χ2v) is 7.68. The molecular weight excluding hydrogens is 420 g/mol. The van der Waals surface area contributed by atoms with Gasteiger partial charge in [-0.05, 0) is 59.8 Å². The van der Waals surface area contributed by atoms with Crippen LogP contribution >= 0.6 is 28.6 Å². The van der Waals surface area contributed by atoms with Crippen molar-refractivity contribution in [2.45, 2.75) is 32.6 Å². The van der Waals surface area contributed by atoms with Gasteiger partial charge in [-0.1, -0.05) is 31.5 Å². The third-order valence-corrected chi connectivity index (χ3v) is 5.45. The first kappa shape index (κ1) is 21.7. The van der Waals surface area contributed by atoms with Gasteiger partial charge in [-0.3, -0.25) is 0 Å². The number of halogens is 1. The highest BCUT2D eigenvalue weighted by Crippen LogP contribution is 2.26. The van der Waals surface area contributed by atoms with Gasteiger partial charge in [-0.25, -0.2) is 17.4 Å². The molecule has 4 nitrogen and oxygen atoms in total. The maximum atomic E-state index is 12.8. The second kappa shape index (κ2) is 9.40. The number of hydrogen-bond donors (Lipinski definition) is 1. The fourth-order valence-corrected chi connectivity index (χ4v) is 3.92. The van der Waals surface area contributed by atoms with Crippen molar-refractivity contribution in [2.24, 2.45) is 0 Å². The number of thiol groups is 1. The molecule has 0 aliphatic rings. The maximum absolute atomic E-state index is 12.8. The predicted octanol–water partition coefficient (Wildman–Crippen LogP) is 5.22. The van der Waals surface area contributed by atoms with Crippen LogP contribution in [-0.2, 0) is 10.0 Å². The Kier molecular flexibility index (Phi) is 8.18. The minimum absolute atomic E-state index is 0.259. The van der Waals surface area contributed by atoms with Crippen molar-refractivity contribution in [1.82, 2.24) is 8.96 Å². The van der Waals surface area contributed by atoms with Gasteiger partial charge in [0.25, 0.3) is 10.0 Å². The molecule has 0 aliphatic carbocycles. The molecule has 3 rings (SSSR count). The molecule has 0 unspecified atom stereocenters. The van der Waals surface area contributed by atoms with E-state index in [9.17, 15) is 8.42 Å². The van der Waals surface area contributed by atoms with Crippen LogP contribution in [-0.4, -0.2) is 23.6 Å². The quantitative estimate of drug-likeness (QED) is 0.553. The summed E-state index contributed by atoms with van der Waals surface area (Å²) in [4.78, 5) is 4.51. The van der Waals surface area contributed by atoms with Crippen LogP contribution in [0.5, 0.6) is 0 Å². The van der Waals surface area contributed by atoms with E-state index in [0.29, 0.717) is 5.65 Å². The van der Waals surface area contributed by atoms with Gasteiger partial charge in [-0.2, -0.15) is 12.6 Å². The van der Waals surface area contributed by atoms with Crippen LogP contribution in [0.2, 0.25) is 0 Å². The molecule has 0 saturated carbocycles. The summed E-state index contributed by atoms with van der Waals surface area (Å²) in [5, 5.41) is 0.820. The van der Waals surface area contributed by atoms with Crippen LogP contribution in [0.15, 0.2) is 52.1 Å². The summed E-state index contributed by atoms with van der Waals surface area (Å²) in [6, 6.07) is 8.68. The maximum Gasteiger partial charge on any atom is 0.269 e. The second-order valence-electron chi connectivity index (χ2n) is 4.95. The standard InChI is InChI=1S/C15H13BrN2O2S.C2H6.CH4S/c1-10-3-5-13(6-4-10)21(19,20)18-9-11(2)14-7-12(16)8-17-15(14)18;2*1-2/h3-9H,1-2H3;1-2H3;2H,1H3. The first-order valence-corrected chi connectivity index (χ1v) is 10.9. The molecule has 7 heteroatoms. The van der Waals surface area contributed by atoms with Crippen LogP contribution in [0.1, 0.15) is 25.0 Å². The van der Waals surface area contributed by atoms with E-state index in [1.54, 1.807) is 42.9 Å². The summed E-state index contributed by atoms with van der Waals surface area (Å²) in [5.41, 5.74) is 2.33. The molecule has 0 atom stereocenters. The molecule has 0 radical (unpaired) electrons. The van der Waals surface area contributed by atoms with E-state index in [1.807, 2.05) is 33.8 Å². The van der Waals surface area contributed by atoms with E-state index >= 15 is 0 Å². The molecule has 136 valence electrons. The van der Waals surface area contributed by atoms with E-state index in [0.717, 1.165) is 21.0 Å². The van der Waals surface area contributed by atoms with Crippen molar-refractivity contribution in [1.29, 1.82) is 0 Å². The lowest BCUT2D eigenvalue weighted by Crippen LogP contribution is -2.12. The number of hydrogen-bond acceptors (Lipinski definition) is 4. The van der Waals surface area contributed by atoms with Crippen molar-refractivity contribution in [3.63, 3.8) is 0 Å². The van der Waals surface area contributed by atoms with E-state index in [1.165, 1.54) is 3.97 Å². The Bertz CT molecular complexity index is 934. The van der Waals surface area contributed by atoms with E-state index in [-0.39, 0.29) is 4.90 Å². The van der Waals surface area contributed by atoms with E-state index in [4.69, 9.17) is 0 Å². The van der Waals surface area contributed by atoms with Gasteiger partial charge in [0.05, 0.1) is 4.90 Å². The van der Waals surface area contributed by atoms with Crippen molar-refractivity contribution in [3.8, 4) is 0 Å². The molecule has 25 heavy (non-hydrogen) atoms. The summed E-state index contributed by atoms with van der Waals surface area (Å²) in [5.74, 6) is 0. The number of rotatable bonds is 2. The summed E-state index contributed by atoms with van der Waals surface area (Å²) in [6.07, 6.45) is 4.90. The lowest BCUT2D eigenvalue weighted by molar-refractivity contribution is 0.588. The zero-order valence-corrected chi connectivity index (χ0v) is 18.3. The molecule has 0 bridgehead atoms. The summed E-state index contributed by atoms with van der Waals surface area (Å²) >= 11 is 6.89. The molecule has 0 fully saturated rings. The fourth-order valence-electron chi connectivity index (χ4n) is 2.21. The SMILES string of the molecule is CC.CS.Cc1ccc(S(=O)(=O)n2cc(C)c3cc(Br)cnc32)cc1. The van der Waals surface area contributed by atoms with Gasteiger partial charge < -0.3 is 0 Å². The lowest BCUT2D eigenvalue weighted by Gasteiger charge is -2.07. The lowest BCUT2D eigenvalue weighted by atomic mass is 10.2. The molecule has 0 saturated heterocycles. The van der Waals surface area contributed by atoms with E-state index in [2.05, 4.69) is 33.5 Å². The van der Waals surface area contributed by atoms with Gasteiger partial charge in [0, 0.05) is 22.3 Å². The van der Waals surface area contributed by atoms with Gasteiger partial charge in [0.2, 0.25) is 0 Å². The van der Waals surface area contributed by atoms with Crippen molar-refractivity contribution in [2.75, 3.05) is 6.26 Å². The number of benzene rings is 1. The number of aryl methyl sites for hydroxylation is 2. The van der Waals surface area contributed by atoms with Crippen molar-refractivity contribution < 1.29 is 8.42 Å². The highest BCUT2D eigenvalue weighted by Gasteiger charge is 2.21. The monoisotopic (exact) mass is 442 g/mol. The Hall–Kier alpha value is -1.31. The minimum atomic E-state index is -3.64. The van der Waals surface area contributed by atoms with E-state index < -0.39 is 10.0 Å². The third kappa shape index (κ3) is 4.65. The number of pyridine rings is 1.